The monoisotopic (exact) mass is 295 g/mol. The summed E-state index contributed by atoms with van der Waals surface area (Å²) in [5.74, 6) is 0. The highest BCUT2D eigenvalue weighted by molar-refractivity contribution is 7.10. The third-order valence-electron chi connectivity index (χ3n) is 3.89. The second kappa shape index (κ2) is 7.64. The van der Waals surface area contributed by atoms with Crippen LogP contribution in [-0.4, -0.2) is 37.6 Å². The molecular formula is C15H25N3OS. The number of rotatable bonds is 5. The third kappa shape index (κ3) is 4.49. The average Bonchev–Trinajstić information content (AvgIpc) is 2.93. The largest absolute Gasteiger partial charge is 0.336 e. The second-order valence-electron chi connectivity index (χ2n) is 5.68. The number of urea groups is 1. The molecule has 1 atom stereocenters. The minimum atomic E-state index is -0.0275. The summed E-state index contributed by atoms with van der Waals surface area (Å²) in [4.78, 5) is 15.4. The topological polar surface area (TPSA) is 44.4 Å². The van der Waals surface area contributed by atoms with Gasteiger partial charge in [-0.05, 0) is 38.4 Å². The van der Waals surface area contributed by atoms with Crippen LogP contribution in [0, 0.1) is 0 Å². The van der Waals surface area contributed by atoms with Crippen LogP contribution in [0.1, 0.15) is 43.0 Å². The molecule has 20 heavy (non-hydrogen) atoms. The van der Waals surface area contributed by atoms with Crippen LogP contribution in [0.2, 0.25) is 0 Å². The van der Waals surface area contributed by atoms with Gasteiger partial charge in [-0.1, -0.05) is 25.3 Å². The molecule has 1 aromatic rings. The van der Waals surface area contributed by atoms with Gasteiger partial charge in [-0.25, -0.2) is 4.79 Å². The first-order chi connectivity index (χ1) is 9.66. The highest BCUT2D eigenvalue weighted by Crippen LogP contribution is 2.22. The SMILES string of the molecule is CN(C)[C@H](CNC(=O)NC1CCCCC1)c1cccs1. The van der Waals surface area contributed by atoms with Gasteiger partial charge in [0.05, 0.1) is 6.04 Å². The van der Waals surface area contributed by atoms with Crippen molar-refractivity contribution in [3.63, 3.8) is 0 Å². The number of carbonyl (C=O) groups excluding carboxylic acids is 1. The van der Waals surface area contributed by atoms with E-state index in [4.69, 9.17) is 0 Å². The number of nitrogens with one attached hydrogen (secondary N) is 2. The number of nitrogens with zero attached hydrogens (tertiary/aromatic N) is 1. The van der Waals surface area contributed by atoms with Gasteiger partial charge in [-0.2, -0.15) is 0 Å². The lowest BCUT2D eigenvalue weighted by Crippen LogP contribution is -2.45. The molecule has 112 valence electrons. The summed E-state index contributed by atoms with van der Waals surface area (Å²) in [6.07, 6.45) is 6.02. The maximum Gasteiger partial charge on any atom is 0.315 e. The quantitative estimate of drug-likeness (QED) is 0.877. The maximum absolute atomic E-state index is 12.0. The molecule has 0 aromatic carbocycles. The summed E-state index contributed by atoms with van der Waals surface area (Å²) in [6, 6.07) is 4.75. The Bertz CT molecular complexity index is 399. The molecule has 0 bridgehead atoms. The molecule has 1 aliphatic rings. The Morgan fingerprint density at radius 1 is 1.40 bits per heavy atom. The number of hydrogen-bond donors (Lipinski definition) is 2. The fraction of sp³-hybridized carbons (Fsp3) is 0.667. The van der Waals surface area contributed by atoms with Crippen LogP contribution in [0.4, 0.5) is 4.79 Å². The van der Waals surface area contributed by atoms with E-state index in [1.165, 1.54) is 24.1 Å². The Morgan fingerprint density at radius 3 is 2.75 bits per heavy atom. The van der Waals surface area contributed by atoms with Crippen molar-refractivity contribution in [3.8, 4) is 0 Å². The summed E-state index contributed by atoms with van der Waals surface area (Å²) >= 11 is 1.73. The predicted molar refractivity (Wildman–Crippen MR) is 84.2 cm³/mol. The summed E-state index contributed by atoms with van der Waals surface area (Å²) in [6.45, 7) is 0.645. The average molecular weight is 295 g/mol. The Morgan fingerprint density at radius 2 is 2.15 bits per heavy atom. The van der Waals surface area contributed by atoms with Crippen molar-refractivity contribution in [2.75, 3.05) is 20.6 Å². The summed E-state index contributed by atoms with van der Waals surface area (Å²) in [7, 11) is 4.09. The lowest BCUT2D eigenvalue weighted by molar-refractivity contribution is 0.226. The summed E-state index contributed by atoms with van der Waals surface area (Å²) < 4.78 is 0. The molecule has 1 aromatic heterocycles. The minimum absolute atomic E-state index is 0.0275. The molecule has 0 saturated heterocycles. The van der Waals surface area contributed by atoms with E-state index in [-0.39, 0.29) is 12.1 Å². The second-order valence-corrected chi connectivity index (χ2v) is 6.66. The van der Waals surface area contributed by atoms with Crippen molar-refractivity contribution in [3.05, 3.63) is 22.4 Å². The zero-order valence-electron chi connectivity index (χ0n) is 12.4. The fourth-order valence-electron chi connectivity index (χ4n) is 2.69. The molecule has 0 spiro atoms. The van der Waals surface area contributed by atoms with E-state index in [9.17, 15) is 4.79 Å². The van der Waals surface area contributed by atoms with Gasteiger partial charge >= 0.3 is 6.03 Å². The van der Waals surface area contributed by atoms with E-state index in [0.717, 1.165) is 12.8 Å². The van der Waals surface area contributed by atoms with Crippen molar-refractivity contribution in [2.24, 2.45) is 0 Å². The molecule has 1 saturated carbocycles. The lowest BCUT2D eigenvalue weighted by atomic mass is 9.96. The lowest BCUT2D eigenvalue weighted by Gasteiger charge is -2.26. The van der Waals surface area contributed by atoms with Crippen molar-refractivity contribution in [1.29, 1.82) is 0 Å². The zero-order chi connectivity index (χ0) is 14.4. The molecule has 2 N–H and O–H groups in total. The van der Waals surface area contributed by atoms with Gasteiger partial charge in [-0.15, -0.1) is 11.3 Å². The molecule has 1 fully saturated rings. The smallest absolute Gasteiger partial charge is 0.315 e. The van der Waals surface area contributed by atoms with Gasteiger partial charge in [0.15, 0.2) is 0 Å². The first kappa shape index (κ1) is 15.3. The highest BCUT2D eigenvalue weighted by Gasteiger charge is 2.18. The summed E-state index contributed by atoms with van der Waals surface area (Å²) in [5, 5.41) is 8.19. The molecule has 1 heterocycles. The van der Waals surface area contributed by atoms with Crippen LogP contribution < -0.4 is 10.6 Å². The molecule has 2 rings (SSSR count). The molecule has 5 heteroatoms. The molecule has 0 radical (unpaired) electrons. The maximum atomic E-state index is 12.0. The van der Waals surface area contributed by atoms with Crippen molar-refractivity contribution < 1.29 is 4.79 Å². The van der Waals surface area contributed by atoms with E-state index in [1.54, 1.807) is 11.3 Å². The van der Waals surface area contributed by atoms with E-state index in [2.05, 4.69) is 33.0 Å². The van der Waals surface area contributed by atoms with E-state index in [1.807, 2.05) is 14.1 Å². The first-order valence-electron chi connectivity index (χ1n) is 7.41. The van der Waals surface area contributed by atoms with Gasteiger partial charge in [0.1, 0.15) is 0 Å². The van der Waals surface area contributed by atoms with Gasteiger partial charge in [0.25, 0.3) is 0 Å². The molecule has 0 aliphatic heterocycles. The van der Waals surface area contributed by atoms with E-state index < -0.39 is 0 Å². The van der Waals surface area contributed by atoms with Crippen molar-refractivity contribution >= 4 is 17.4 Å². The summed E-state index contributed by atoms with van der Waals surface area (Å²) in [5.41, 5.74) is 0. The Labute approximate surface area is 125 Å². The van der Waals surface area contributed by atoms with Gasteiger partial charge in [-0.3, -0.25) is 0 Å². The van der Waals surface area contributed by atoms with Gasteiger partial charge in [0.2, 0.25) is 0 Å². The zero-order valence-corrected chi connectivity index (χ0v) is 13.2. The Balaban J connectivity index is 1.78. The molecule has 1 aliphatic carbocycles. The van der Waals surface area contributed by atoms with Crippen LogP contribution in [0.3, 0.4) is 0 Å². The Hall–Kier alpha value is -1.07. The molecular weight excluding hydrogens is 270 g/mol. The first-order valence-corrected chi connectivity index (χ1v) is 8.29. The molecule has 4 nitrogen and oxygen atoms in total. The van der Waals surface area contributed by atoms with Crippen molar-refractivity contribution in [1.82, 2.24) is 15.5 Å². The standard InChI is InChI=1S/C15H25N3OS/c1-18(2)13(14-9-6-10-20-14)11-16-15(19)17-12-7-4-3-5-8-12/h6,9-10,12-13H,3-5,7-8,11H2,1-2H3,(H2,16,17,19)/t13-/m1/s1. The Kier molecular flexibility index (Phi) is 5.86. The van der Waals surface area contributed by atoms with Gasteiger partial charge in [0, 0.05) is 17.5 Å². The molecule has 2 amide bonds. The number of hydrogen-bond acceptors (Lipinski definition) is 3. The highest BCUT2D eigenvalue weighted by atomic mass is 32.1. The van der Waals surface area contributed by atoms with Gasteiger partial charge < -0.3 is 15.5 Å². The predicted octanol–water partition coefficient (Wildman–Crippen LogP) is 2.98. The van der Waals surface area contributed by atoms with E-state index >= 15 is 0 Å². The number of carbonyl (C=O) groups is 1. The van der Waals surface area contributed by atoms with Crippen LogP contribution in [0.5, 0.6) is 0 Å². The number of likely N-dealkylation sites (N-methyl/N-ethyl adjacent to an activating group) is 1. The molecule has 0 unspecified atom stereocenters. The normalized spacial score (nSPS) is 17.9. The number of amides is 2. The number of thiophene rings is 1. The van der Waals surface area contributed by atoms with Crippen LogP contribution in [-0.2, 0) is 0 Å². The minimum Gasteiger partial charge on any atom is -0.336 e. The third-order valence-corrected chi connectivity index (χ3v) is 4.86. The van der Waals surface area contributed by atoms with Crippen LogP contribution in [0.25, 0.3) is 0 Å². The fourth-order valence-corrected chi connectivity index (χ4v) is 3.61. The van der Waals surface area contributed by atoms with Crippen LogP contribution in [0.15, 0.2) is 17.5 Å². The van der Waals surface area contributed by atoms with Crippen molar-refractivity contribution in [2.45, 2.75) is 44.2 Å². The van der Waals surface area contributed by atoms with E-state index in [0.29, 0.717) is 12.6 Å². The van der Waals surface area contributed by atoms with Crippen LogP contribution >= 0.6 is 11.3 Å².